The quantitative estimate of drug-likeness (QED) is 0.437. The van der Waals surface area contributed by atoms with Gasteiger partial charge < -0.3 is 4.84 Å². The molecule has 2 heteroatoms. The normalized spacial score (nSPS) is 44.4. The lowest BCUT2D eigenvalue weighted by atomic mass is 10.3. The zero-order valence-corrected chi connectivity index (χ0v) is 4.22. The van der Waals surface area contributed by atoms with Crippen molar-refractivity contribution in [1.29, 1.82) is 0 Å². The highest BCUT2D eigenvalue weighted by Crippen LogP contribution is 2.39. The van der Waals surface area contributed by atoms with Crippen molar-refractivity contribution in [1.82, 2.24) is 0 Å². The molecular weight excluding hydrogens is 90.1 g/mol. The largest absolute Gasteiger partial charge is 0.392 e. The molecule has 0 amide bonds. The highest BCUT2D eigenvalue weighted by Gasteiger charge is 2.46. The van der Waals surface area contributed by atoms with Gasteiger partial charge in [-0.3, -0.25) is 0 Å². The van der Waals surface area contributed by atoms with Crippen LogP contribution in [-0.2, 0) is 4.84 Å². The standard InChI is InChI=1S/C5H7NO/c1-3-4-2-5(4)7-6-3/h4-5H,2H2,1H3. The summed E-state index contributed by atoms with van der Waals surface area (Å²) in [5.74, 6) is 0.708. The Hall–Kier alpha value is -0.530. The van der Waals surface area contributed by atoms with Gasteiger partial charge in [-0.15, -0.1) is 0 Å². The Morgan fingerprint density at radius 1 is 1.86 bits per heavy atom. The van der Waals surface area contributed by atoms with E-state index in [0.29, 0.717) is 12.0 Å². The minimum atomic E-state index is 0.486. The van der Waals surface area contributed by atoms with Gasteiger partial charge in [0.1, 0.15) is 6.10 Å². The van der Waals surface area contributed by atoms with Crippen LogP contribution in [0.15, 0.2) is 5.16 Å². The second-order valence-corrected chi connectivity index (χ2v) is 2.22. The van der Waals surface area contributed by atoms with E-state index in [1.54, 1.807) is 0 Å². The molecule has 2 nitrogen and oxygen atoms in total. The molecule has 2 rings (SSSR count). The summed E-state index contributed by atoms with van der Waals surface area (Å²) < 4.78 is 0. The summed E-state index contributed by atoms with van der Waals surface area (Å²) in [5, 5.41) is 3.78. The first kappa shape index (κ1) is 3.47. The molecular formula is C5H7NO. The molecule has 0 radical (unpaired) electrons. The van der Waals surface area contributed by atoms with E-state index in [0.717, 1.165) is 0 Å². The fourth-order valence-corrected chi connectivity index (χ4v) is 0.946. The smallest absolute Gasteiger partial charge is 0.136 e. The van der Waals surface area contributed by atoms with Gasteiger partial charge in [0.15, 0.2) is 0 Å². The van der Waals surface area contributed by atoms with Crippen LogP contribution in [0.2, 0.25) is 0 Å². The Morgan fingerprint density at radius 2 is 2.71 bits per heavy atom. The maximum atomic E-state index is 4.93. The van der Waals surface area contributed by atoms with Crippen LogP contribution in [0.4, 0.5) is 0 Å². The number of nitrogens with zero attached hydrogens (tertiary/aromatic N) is 1. The molecule has 2 unspecified atom stereocenters. The minimum Gasteiger partial charge on any atom is -0.392 e. The van der Waals surface area contributed by atoms with Gasteiger partial charge in [-0.05, 0) is 13.3 Å². The van der Waals surface area contributed by atoms with E-state index in [-0.39, 0.29) is 0 Å². The molecule has 1 aliphatic heterocycles. The van der Waals surface area contributed by atoms with E-state index in [2.05, 4.69) is 5.16 Å². The lowest BCUT2D eigenvalue weighted by Gasteiger charge is -1.84. The average Bonchev–Trinajstić information content (AvgIpc) is 2.33. The maximum absolute atomic E-state index is 4.93. The Kier molecular flexibility index (Phi) is 0.412. The first-order chi connectivity index (χ1) is 3.38. The molecule has 1 heterocycles. The zero-order valence-electron chi connectivity index (χ0n) is 4.22. The monoisotopic (exact) mass is 97.1 g/mol. The van der Waals surface area contributed by atoms with E-state index in [1.807, 2.05) is 6.92 Å². The third-order valence-electron chi connectivity index (χ3n) is 1.60. The summed E-state index contributed by atoms with van der Waals surface area (Å²) in [4.78, 5) is 4.93. The van der Waals surface area contributed by atoms with Gasteiger partial charge in [0.25, 0.3) is 0 Å². The Balaban J connectivity index is 2.25. The molecule has 1 aliphatic carbocycles. The predicted molar refractivity (Wildman–Crippen MR) is 26.1 cm³/mol. The molecule has 2 aliphatic rings. The number of hydrogen-bond acceptors (Lipinski definition) is 2. The van der Waals surface area contributed by atoms with Crippen LogP contribution in [0.3, 0.4) is 0 Å². The molecule has 0 aromatic carbocycles. The van der Waals surface area contributed by atoms with Crippen molar-refractivity contribution in [3.63, 3.8) is 0 Å². The summed E-state index contributed by atoms with van der Waals surface area (Å²) in [6.07, 6.45) is 1.70. The van der Waals surface area contributed by atoms with Crippen LogP contribution < -0.4 is 0 Å². The molecule has 2 atom stereocenters. The number of fused-ring (bicyclic) bond motifs is 1. The molecule has 7 heavy (non-hydrogen) atoms. The molecule has 1 saturated carbocycles. The van der Waals surface area contributed by atoms with E-state index in [4.69, 9.17) is 4.84 Å². The van der Waals surface area contributed by atoms with E-state index in [9.17, 15) is 0 Å². The molecule has 0 aromatic heterocycles. The minimum absolute atomic E-state index is 0.486. The van der Waals surface area contributed by atoms with E-state index < -0.39 is 0 Å². The van der Waals surface area contributed by atoms with Crippen LogP contribution in [0.1, 0.15) is 13.3 Å². The summed E-state index contributed by atoms with van der Waals surface area (Å²) >= 11 is 0. The molecule has 0 bridgehead atoms. The van der Waals surface area contributed by atoms with Crippen LogP contribution in [-0.4, -0.2) is 11.8 Å². The fourth-order valence-electron chi connectivity index (χ4n) is 0.946. The fraction of sp³-hybridized carbons (Fsp3) is 0.800. The van der Waals surface area contributed by atoms with Gasteiger partial charge in [-0.2, -0.15) is 0 Å². The van der Waals surface area contributed by atoms with Gasteiger partial charge in [0.2, 0.25) is 0 Å². The summed E-state index contributed by atoms with van der Waals surface area (Å²) in [5.41, 5.74) is 1.19. The van der Waals surface area contributed by atoms with Crippen molar-refractivity contribution < 1.29 is 4.84 Å². The first-order valence-corrected chi connectivity index (χ1v) is 2.58. The summed E-state index contributed by atoms with van der Waals surface area (Å²) in [6, 6.07) is 0. The number of rotatable bonds is 0. The molecule has 0 N–H and O–H groups in total. The van der Waals surface area contributed by atoms with Crippen LogP contribution in [0.25, 0.3) is 0 Å². The molecule has 1 fully saturated rings. The molecule has 38 valence electrons. The van der Waals surface area contributed by atoms with Crippen LogP contribution in [0.5, 0.6) is 0 Å². The van der Waals surface area contributed by atoms with Crippen molar-refractivity contribution in [2.24, 2.45) is 11.1 Å². The third kappa shape index (κ3) is 0.315. The highest BCUT2D eigenvalue weighted by molar-refractivity contribution is 5.88. The van der Waals surface area contributed by atoms with Crippen molar-refractivity contribution in [3.8, 4) is 0 Å². The second-order valence-electron chi connectivity index (χ2n) is 2.22. The average molecular weight is 97.1 g/mol. The molecule has 0 spiro atoms. The topological polar surface area (TPSA) is 21.6 Å². The van der Waals surface area contributed by atoms with Crippen molar-refractivity contribution in [3.05, 3.63) is 0 Å². The van der Waals surface area contributed by atoms with Crippen molar-refractivity contribution in [2.45, 2.75) is 19.4 Å². The Bertz CT molecular complexity index is 130. The molecule has 0 saturated heterocycles. The number of hydrogen-bond donors (Lipinski definition) is 0. The first-order valence-electron chi connectivity index (χ1n) is 2.58. The van der Waals surface area contributed by atoms with Gasteiger partial charge in [0, 0.05) is 5.92 Å². The van der Waals surface area contributed by atoms with E-state index in [1.165, 1.54) is 12.1 Å². The summed E-state index contributed by atoms with van der Waals surface area (Å²) in [7, 11) is 0. The van der Waals surface area contributed by atoms with E-state index >= 15 is 0 Å². The van der Waals surface area contributed by atoms with Crippen molar-refractivity contribution >= 4 is 5.71 Å². The van der Waals surface area contributed by atoms with Crippen LogP contribution in [0, 0.1) is 5.92 Å². The highest BCUT2D eigenvalue weighted by atomic mass is 16.7. The maximum Gasteiger partial charge on any atom is 0.136 e. The Morgan fingerprint density at radius 3 is 2.86 bits per heavy atom. The summed E-state index contributed by atoms with van der Waals surface area (Å²) in [6.45, 7) is 2.03. The van der Waals surface area contributed by atoms with Gasteiger partial charge in [-0.25, -0.2) is 0 Å². The van der Waals surface area contributed by atoms with Gasteiger partial charge >= 0.3 is 0 Å². The zero-order chi connectivity index (χ0) is 4.85. The predicted octanol–water partition coefficient (Wildman–Crippen LogP) is 0.781. The number of oxime groups is 1. The third-order valence-corrected chi connectivity index (χ3v) is 1.60. The SMILES string of the molecule is CC1=NOC2CC12. The Labute approximate surface area is 42.2 Å². The lowest BCUT2D eigenvalue weighted by Crippen LogP contribution is -1.88. The van der Waals surface area contributed by atoms with Gasteiger partial charge in [-0.1, -0.05) is 5.16 Å². The van der Waals surface area contributed by atoms with Gasteiger partial charge in [0.05, 0.1) is 5.71 Å². The lowest BCUT2D eigenvalue weighted by molar-refractivity contribution is 0.140. The molecule has 0 aromatic rings. The van der Waals surface area contributed by atoms with Crippen molar-refractivity contribution in [2.75, 3.05) is 0 Å². The van der Waals surface area contributed by atoms with Crippen LogP contribution >= 0.6 is 0 Å². The second kappa shape index (κ2) is 0.831.